The molecular formula is C60H116O2. The topological polar surface area (TPSA) is 37.3 Å². The van der Waals surface area contributed by atoms with Crippen molar-refractivity contribution in [3.63, 3.8) is 0 Å². The second kappa shape index (κ2) is 52.6. The van der Waals surface area contributed by atoms with E-state index in [1.165, 1.54) is 289 Å². The number of aliphatic carboxylic acids is 1. The number of carboxylic acids is 1. The Bertz CT molecular complexity index is 904. The molecule has 0 heterocycles. The number of rotatable bonds is 54. The highest BCUT2D eigenvalue weighted by molar-refractivity contribution is 5.74. The van der Waals surface area contributed by atoms with E-state index >= 15 is 0 Å². The molecule has 0 rings (SSSR count). The van der Waals surface area contributed by atoms with Crippen LogP contribution in [0, 0.1) is 5.41 Å². The highest BCUT2D eigenvalue weighted by atomic mass is 16.4. The second-order valence-corrected chi connectivity index (χ2v) is 20.4. The highest BCUT2D eigenvalue weighted by Crippen LogP contribution is 2.38. The number of hydrogen-bond donors (Lipinski definition) is 1. The van der Waals surface area contributed by atoms with E-state index in [4.69, 9.17) is 0 Å². The van der Waals surface area contributed by atoms with Crippen molar-refractivity contribution in [3.05, 3.63) is 24.3 Å². The first-order chi connectivity index (χ1) is 30.6. The minimum absolute atomic E-state index is 0.483. The fraction of sp³-hybridized carbons (Fsp3) is 0.917. The van der Waals surface area contributed by atoms with Crippen LogP contribution in [0.3, 0.4) is 0 Å². The van der Waals surface area contributed by atoms with E-state index in [-0.39, 0.29) is 0 Å². The lowest BCUT2D eigenvalue weighted by molar-refractivity contribution is -0.150. The summed E-state index contributed by atoms with van der Waals surface area (Å²) >= 11 is 0. The average Bonchev–Trinajstić information content (AvgIpc) is 3.27. The van der Waals surface area contributed by atoms with Crippen LogP contribution in [0.25, 0.3) is 0 Å². The molecule has 0 aliphatic carbocycles. The molecule has 1 atom stereocenters. The molecular weight excluding hydrogens is 753 g/mol. The summed E-state index contributed by atoms with van der Waals surface area (Å²) in [6.07, 6.45) is 76.8. The molecule has 0 fully saturated rings. The lowest BCUT2D eigenvalue weighted by atomic mass is 9.74. The van der Waals surface area contributed by atoms with Gasteiger partial charge in [-0.3, -0.25) is 4.79 Å². The van der Waals surface area contributed by atoms with Gasteiger partial charge in [-0.15, -0.1) is 0 Å². The van der Waals surface area contributed by atoms with Crippen LogP contribution >= 0.6 is 0 Å². The van der Waals surface area contributed by atoms with Gasteiger partial charge in [0, 0.05) is 0 Å². The van der Waals surface area contributed by atoms with Gasteiger partial charge < -0.3 is 5.11 Å². The maximum Gasteiger partial charge on any atom is 0.309 e. The first kappa shape index (κ1) is 60.9. The number of hydrogen-bond acceptors (Lipinski definition) is 1. The Labute approximate surface area is 392 Å². The van der Waals surface area contributed by atoms with Crippen molar-refractivity contribution in [2.75, 3.05) is 0 Å². The lowest BCUT2D eigenvalue weighted by Gasteiger charge is -2.30. The number of unbranched alkanes of at least 4 members (excludes halogenated alkanes) is 43. The van der Waals surface area contributed by atoms with Gasteiger partial charge in [0.15, 0.2) is 0 Å². The van der Waals surface area contributed by atoms with Gasteiger partial charge >= 0.3 is 5.97 Å². The normalized spacial score (nSPS) is 13.0. The lowest BCUT2D eigenvalue weighted by Crippen LogP contribution is -2.31. The van der Waals surface area contributed by atoms with Crippen LogP contribution in [0.1, 0.15) is 348 Å². The number of allylic oxidation sites excluding steroid dienone is 4. The van der Waals surface area contributed by atoms with Crippen molar-refractivity contribution in [1.29, 1.82) is 0 Å². The van der Waals surface area contributed by atoms with Crippen LogP contribution in [0.2, 0.25) is 0 Å². The summed E-state index contributed by atoms with van der Waals surface area (Å²) in [6.45, 7) is 6.89. The molecule has 2 nitrogen and oxygen atoms in total. The van der Waals surface area contributed by atoms with Crippen LogP contribution < -0.4 is 0 Å². The van der Waals surface area contributed by atoms with Gasteiger partial charge in [-0.05, 0) is 70.6 Å². The Morgan fingerprint density at radius 3 is 0.613 bits per heavy atom. The van der Waals surface area contributed by atoms with Crippen LogP contribution in [-0.4, -0.2) is 11.1 Å². The molecule has 0 saturated carbocycles. The zero-order valence-electron chi connectivity index (χ0n) is 43.2. The molecule has 0 aromatic rings. The summed E-state index contributed by atoms with van der Waals surface area (Å²) in [5.41, 5.74) is -0.483. The standard InChI is InChI=1S/C60H116O2/c1-4-7-10-13-16-19-22-25-28-30-32-33-35-37-40-43-46-49-52-55-58-60(59(61)62,56-53-50-47-44-41-38-27-24-21-18-15-12-9-6-3)57-54-51-48-45-42-39-36-34-31-29-26-23-20-17-14-11-8-5-2/h25-26,28-29H,4-24,27,30-58H2,1-3H3,(H,61,62)/b28-25-,29-26-. The molecule has 0 aliphatic heterocycles. The summed E-state index contributed by atoms with van der Waals surface area (Å²) in [7, 11) is 0. The third-order valence-corrected chi connectivity index (χ3v) is 14.3. The maximum atomic E-state index is 13.0. The third kappa shape index (κ3) is 45.5. The van der Waals surface area contributed by atoms with Crippen molar-refractivity contribution >= 4 is 5.97 Å². The maximum absolute atomic E-state index is 13.0. The van der Waals surface area contributed by atoms with Crippen LogP contribution in [0.15, 0.2) is 24.3 Å². The van der Waals surface area contributed by atoms with Crippen molar-refractivity contribution in [1.82, 2.24) is 0 Å². The van der Waals surface area contributed by atoms with Gasteiger partial charge in [-0.1, -0.05) is 302 Å². The molecule has 0 spiro atoms. The van der Waals surface area contributed by atoms with E-state index in [1.807, 2.05) is 0 Å². The molecule has 0 radical (unpaired) electrons. The minimum atomic E-state index is -0.485. The fourth-order valence-corrected chi connectivity index (χ4v) is 9.84. The average molecular weight is 870 g/mol. The monoisotopic (exact) mass is 869 g/mol. The fourth-order valence-electron chi connectivity index (χ4n) is 9.84. The smallest absolute Gasteiger partial charge is 0.309 e. The SMILES string of the molecule is CCCCCCCC/C=C\CCCCCCCCCCCCC(CCCCCCCCCC/C=C\CCCCCCCC)(CCCCCCCCCCCCCCCC)C(=O)O. The van der Waals surface area contributed by atoms with Gasteiger partial charge in [-0.25, -0.2) is 0 Å². The van der Waals surface area contributed by atoms with Crippen LogP contribution in [-0.2, 0) is 4.79 Å². The van der Waals surface area contributed by atoms with E-state index in [1.54, 1.807) is 0 Å². The largest absolute Gasteiger partial charge is 0.481 e. The molecule has 2 heteroatoms. The second-order valence-electron chi connectivity index (χ2n) is 20.4. The van der Waals surface area contributed by atoms with Gasteiger partial charge in [0.25, 0.3) is 0 Å². The summed E-state index contributed by atoms with van der Waals surface area (Å²) in [4.78, 5) is 13.0. The molecule has 0 aromatic carbocycles. The highest BCUT2D eigenvalue weighted by Gasteiger charge is 2.36. The molecule has 0 aromatic heterocycles. The van der Waals surface area contributed by atoms with Gasteiger partial charge in [0.1, 0.15) is 0 Å². The predicted octanol–water partition coefficient (Wildman–Crippen LogP) is 22.1. The van der Waals surface area contributed by atoms with Crippen molar-refractivity contribution in [3.8, 4) is 0 Å². The predicted molar refractivity (Wildman–Crippen MR) is 281 cm³/mol. The zero-order valence-corrected chi connectivity index (χ0v) is 43.2. The molecule has 0 saturated heterocycles. The van der Waals surface area contributed by atoms with E-state index in [0.29, 0.717) is 0 Å². The zero-order chi connectivity index (χ0) is 45.0. The summed E-state index contributed by atoms with van der Waals surface area (Å²) in [5.74, 6) is -0.485. The molecule has 368 valence electrons. The number of carboxylic acid groups (broad SMARTS) is 1. The van der Waals surface area contributed by atoms with E-state index in [0.717, 1.165) is 38.5 Å². The molecule has 0 aliphatic rings. The summed E-state index contributed by atoms with van der Waals surface area (Å²) in [6, 6.07) is 0. The minimum Gasteiger partial charge on any atom is -0.481 e. The van der Waals surface area contributed by atoms with Crippen LogP contribution in [0.5, 0.6) is 0 Å². The quantitative estimate of drug-likeness (QED) is 0.0488. The number of carbonyl (C=O) groups is 1. The third-order valence-electron chi connectivity index (χ3n) is 14.3. The summed E-state index contributed by atoms with van der Waals surface area (Å²) < 4.78 is 0. The van der Waals surface area contributed by atoms with Crippen LogP contribution in [0.4, 0.5) is 0 Å². The Hall–Kier alpha value is -1.05. The van der Waals surface area contributed by atoms with E-state index in [2.05, 4.69) is 45.1 Å². The Balaban J connectivity index is 4.34. The molecule has 1 N–H and O–H groups in total. The van der Waals surface area contributed by atoms with Crippen molar-refractivity contribution in [2.24, 2.45) is 5.41 Å². The van der Waals surface area contributed by atoms with Crippen molar-refractivity contribution in [2.45, 2.75) is 348 Å². The Kier molecular flexibility index (Phi) is 51.7. The molecule has 1 unspecified atom stereocenters. The first-order valence-electron chi connectivity index (χ1n) is 29.2. The Morgan fingerprint density at radius 1 is 0.274 bits per heavy atom. The first-order valence-corrected chi connectivity index (χ1v) is 29.2. The van der Waals surface area contributed by atoms with Gasteiger partial charge in [0.05, 0.1) is 5.41 Å². The molecule has 0 amide bonds. The molecule has 0 bridgehead atoms. The van der Waals surface area contributed by atoms with Gasteiger partial charge in [0.2, 0.25) is 0 Å². The summed E-state index contributed by atoms with van der Waals surface area (Å²) in [5, 5.41) is 10.7. The van der Waals surface area contributed by atoms with Gasteiger partial charge in [-0.2, -0.15) is 0 Å². The van der Waals surface area contributed by atoms with E-state index in [9.17, 15) is 9.90 Å². The van der Waals surface area contributed by atoms with E-state index < -0.39 is 11.4 Å². The molecule has 62 heavy (non-hydrogen) atoms. The Morgan fingerprint density at radius 2 is 0.435 bits per heavy atom. The van der Waals surface area contributed by atoms with Crippen molar-refractivity contribution < 1.29 is 9.90 Å².